The second-order valence-corrected chi connectivity index (χ2v) is 5.14. The molecule has 4 rings (SSSR count). The number of hydrogen-bond donors (Lipinski definition) is 2. The van der Waals surface area contributed by atoms with E-state index in [1.807, 2.05) is 0 Å². The smallest absolute Gasteiger partial charge is 0.366 e. The van der Waals surface area contributed by atoms with E-state index in [0.717, 1.165) is 4.68 Å². The number of nitrogens with zero attached hydrogens (tertiary/aromatic N) is 4. The summed E-state index contributed by atoms with van der Waals surface area (Å²) in [6, 6.07) is -0.572. The molecule has 4 atom stereocenters. The van der Waals surface area contributed by atoms with Gasteiger partial charge in [0.1, 0.15) is 12.1 Å². The number of rotatable bonds is 2. The molecule has 2 N–H and O–H groups in total. The molecule has 0 radical (unpaired) electrons. The topological polar surface area (TPSA) is 155 Å². The van der Waals surface area contributed by atoms with Crippen LogP contribution in [0.25, 0.3) is 0 Å². The van der Waals surface area contributed by atoms with Crippen molar-refractivity contribution in [3.63, 3.8) is 0 Å². The zero-order chi connectivity index (χ0) is 14.9. The maximum absolute atomic E-state index is 11.1. The number of hydrogen-bond acceptors (Lipinski definition) is 9. The SMILES string of the molecule is O=[N+]([O-])c1nn2c(c1[N+](=O)[O-])N[C@]1(O)C[C@@H]2[C@H]2CO[C@@H]1O2. The van der Waals surface area contributed by atoms with Crippen LogP contribution >= 0.6 is 0 Å². The summed E-state index contributed by atoms with van der Waals surface area (Å²) in [5.74, 6) is -1.07. The number of fused-ring (bicyclic) bond motifs is 8. The van der Waals surface area contributed by atoms with Crippen molar-refractivity contribution >= 4 is 17.3 Å². The van der Waals surface area contributed by atoms with Crippen LogP contribution in [0.15, 0.2) is 0 Å². The average Bonchev–Trinajstić information content (AvgIpc) is 2.98. The molecule has 12 nitrogen and oxygen atoms in total. The first kappa shape index (κ1) is 12.4. The molecule has 1 aromatic rings. The van der Waals surface area contributed by atoms with Gasteiger partial charge in [-0.3, -0.25) is 10.1 Å². The summed E-state index contributed by atoms with van der Waals surface area (Å²) in [6.45, 7) is 0.181. The van der Waals surface area contributed by atoms with Gasteiger partial charge in [0.2, 0.25) is 12.1 Å². The van der Waals surface area contributed by atoms with E-state index < -0.39 is 45.5 Å². The van der Waals surface area contributed by atoms with Gasteiger partial charge in [0.15, 0.2) is 5.72 Å². The fourth-order valence-corrected chi connectivity index (χ4v) is 3.04. The van der Waals surface area contributed by atoms with E-state index >= 15 is 0 Å². The quantitative estimate of drug-likeness (QED) is 0.542. The van der Waals surface area contributed by atoms with Crippen LogP contribution in [0.3, 0.4) is 0 Å². The van der Waals surface area contributed by atoms with Gasteiger partial charge in [-0.15, -0.1) is 4.68 Å². The molecule has 3 aliphatic rings. The summed E-state index contributed by atoms with van der Waals surface area (Å²) in [7, 11) is 0. The molecule has 0 saturated carbocycles. The molecule has 0 aromatic carbocycles. The lowest BCUT2D eigenvalue weighted by Gasteiger charge is -2.43. The average molecular weight is 299 g/mol. The van der Waals surface area contributed by atoms with E-state index in [1.165, 1.54) is 0 Å². The van der Waals surface area contributed by atoms with Gasteiger partial charge in [-0.05, 0) is 4.92 Å². The van der Waals surface area contributed by atoms with Gasteiger partial charge in [0, 0.05) is 6.42 Å². The van der Waals surface area contributed by atoms with Gasteiger partial charge in [-0.2, -0.15) is 0 Å². The minimum atomic E-state index is -1.67. The van der Waals surface area contributed by atoms with Gasteiger partial charge in [0.25, 0.3) is 0 Å². The zero-order valence-electron chi connectivity index (χ0n) is 10.3. The Morgan fingerprint density at radius 3 is 2.86 bits per heavy atom. The lowest BCUT2D eigenvalue weighted by atomic mass is 9.94. The van der Waals surface area contributed by atoms with Gasteiger partial charge in [0.05, 0.1) is 16.6 Å². The minimum Gasteiger partial charge on any atom is -0.366 e. The summed E-state index contributed by atoms with van der Waals surface area (Å²) in [6.07, 6.45) is -1.30. The Balaban J connectivity index is 1.93. The van der Waals surface area contributed by atoms with Crippen molar-refractivity contribution in [1.82, 2.24) is 9.78 Å². The largest absolute Gasteiger partial charge is 0.470 e. The van der Waals surface area contributed by atoms with Crippen LogP contribution in [0.1, 0.15) is 12.5 Å². The van der Waals surface area contributed by atoms with Crippen molar-refractivity contribution in [2.24, 2.45) is 0 Å². The first-order chi connectivity index (χ1) is 9.90. The van der Waals surface area contributed by atoms with Gasteiger partial charge < -0.3 is 30.0 Å². The number of aromatic nitrogens is 2. The van der Waals surface area contributed by atoms with Gasteiger partial charge >= 0.3 is 11.5 Å². The second kappa shape index (κ2) is 3.66. The predicted molar refractivity (Wildman–Crippen MR) is 62.4 cm³/mol. The minimum absolute atomic E-state index is 0.130. The molecule has 0 amide bonds. The standard InChI is InChI=1S/C9H9N5O7/c15-9-1-3(4-2-20-8(9)21-4)12-6(10-9)5(13(16)17)7(11-12)14(18)19/h3-4,8,10,15H,1-2H2/t3-,4-,8-,9+/m1/s1. The number of nitro groups is 2. The van der Waals surface area contributed by atoms with Gasteiger partial charge in [-0.1, -0.05) is 0 Å². The van der Waals surface area contributed by atoms with Gasteiger partial charge in [-0.25, -0.2) is 0 Å². The van der Waals surface area contributed by atoms with Crippen molar-refractivity contribution in [2.45, 2.75) is 30.6 Å². The van der Waals surface area contributed by atoms with Crippen LogP contribution in [-0.2, 0) is 9.47 Å². The van der Waals surface area contributed by atoms with Crippen LogP contribution in [0.4, 0.5) is 17.3 Å². The third kappa shape index (κ3) is 1.46. The zero-order valence-corrected chi connectivity index (χ0v) is 10.3. The van der Waals surface area contributed by atoms with E-state index in [-0.39, 0.29) is 18.8 Å². The highest BCUT2D eigenvalue weighted by molar-refractivity contribution is 5.68. The lowest BCUT2D eigenvalue weighted by molar-refractivity contribution is -0.424. The van der Waals surface area contributed by atoms with Crippen molar-refractivity contribution in [3.8, 4) is 0 Å². The molecule has 1 aromatic heterocycles. The normalized spacial score (nSPS) is 36.0. The van der Waals surface area contributed by atoms with E-state index in [0.29, 0.717) is 0 Å². The molecule has 0 aliphatic carbocycles. The Hall–Kier alpha value is -2.31. The van der Waals surface area contributed by atoms with Crippen molar-refractivity contribution in [2.75, 3.05) is 11.9 Å². The monoisotopic (exact) mass is 299 g/mol. The van der Waals surface area contributed by atoms with Crippen LogP contribution in [-0.4, -0.2) is 49.5 Å². The molecule has 3 aliphatic heterocycles. The maximum Gasteiger partial charge on any atom is 0.470 e. The summed E-state index contributed by atoms with van der Waals surface area (Å²) >= 11 is 0. The summed E-state index contributed by atoms with van der Waals surface area (Å²) in [5.41, 5.74) is -2.45. The van der Waals surface area contributed by atoms with Crippen molar-refractivity contribution < 1.29 is 24.4 Å². The molecular formula is C9H9N5O7. The van der Waals surface area contributed by atoms with E-state index in [9.17, 15) is 25.3 Å². The van der Waals surface area contributed by atoms with Crippen LogP contribution in [0.5, 0.6) is 0 Å². The van der Waals surface area contributed by atoms with Crippen LogP contribution in [0.2, 0.25) is 0 Å². The van der Waals surface area contributed by atoms with Crippen LogP contribution < -0.4 is 5.32 Å². The van der Waals surface area contributed by atoms with E-state index in [1.54, 1.807) is 0 Å². The maximum atomic E-state index is 11.1. The fraction of sp³-hybridized carbons (Fsp3) is 0.667. The Morgan fingerprint density at radius 1 is 1.43 bits per heavy atom. The number of anilines is 1. The summed E-state index contributed by atoms with van der Waals surface area (Å²) in [4.78, 5) is 20.3. The van der Waals surface area contributed by atoms with Crippen LogP contribution in [0, 0.1) is 20.2 Å². The second-order valence-electron chi connectivity index (χ2n) is 5.14. The highest BCUT2D eigenvalue weighted by Gasteiger charge is 2.60. The molecule has 21 heavy (non-hydrogen) atoms. The molecule has 0 unspecified atom stereocenters. The lowest BCUT2D eigenvalue weighted by Crippen LogP contribution is -2.58. The Labute approximate surface area is 115 Å². The first-order valence-electron chi connectivity index (χ1n) is 6.09. The third-order valence-corrected chi connectivity index (χ3v) is 3.92. The first-order valence-corrected chi connectivity index (χ1v) is 6.09. The molecule has 2 fully saturated rings. The highest BCUT2D eigenvalue weighted by Crippen LogP contribution is 2.50. The molecule has 112 valence electrons. The highest BCUT2D eigenvalue weighted by atomic mass is 16.7. The third-order valence-electron chi connectivity index (χ3n) is 3.92. The Bertz CT molecular complexity index is 674. The van der Waals surface area contributed by atoms with E-state index in [2.05, 4.69) is 10.4 Å². The fourth-order valence-electron chi connectivity index (χ4n) is 3.04. The van der Waals surface area contributed by atoms with E-state index in [4.69, 9.17) is 9.47 Å². The Morgan fingerprint density at radius 2 is 2.19 bits per heavy atom. The predicted octanol–water partition coefficient (Wildman–Crippen LogP) is -0.500. The molecular weight excluding hydrogens is 290 g/mol. The molecule has 0 spiro atoms. The Kier molecular flexibility index (Phi) is 2.17. The summed E-state index contributed by atoms with van der Waals surface area (Å²) in [5, 5.41) is 38.8. The molecule has 4 bridgehead atoms. The number of aliphatic hydroxyl groups is 1. The molecule has 12 heteroatoms. The number of ether oxygens (including phenoxy) is 2. The molecule has 2 saturated heterocycles. The number of nitrogens with one attached hydrogen (secondary N) is 1. The summed E-state index contributed by atoms with van der Waals surface area (Å²) < 4.78 is 11.9. The van der Waals surface area contributed by atoms with Crippen molar-refractivity contribution in [1.29, 1.82) is 0 Å². The molecule has 4 heterocycles. The van der Waals surface area contributed by atoms with Crippen molar-refractivity contribution in [3.05, 3.63) is 20.2 Å².